The largest absolute Gasteiger partial charge is 0.340 e. The summed E-state index contributed by atoms with van der Waals surface area (Å²) in [5, 5.41) is 3.90. The van der Waals surface area contributed by atoms with Crippen molar-refractivity contribution in [3.05, 3.63) is 36.0 Å². The molecule has 1 aromatic carbocycles. The van der Waals surface area contributed by atoms with Gasteiger partial charge in [-0.1, -0.05) is 5.16 Å². The highest BCUT2D eigenvalue weighted by Gasteiger charge is 2.22. The molecule has 0 atom stereocenters. The zero-order valence-corrected chi connectivity index (χ0v) is 14.6. The van der Waals surface area contributed by atoms with Gasteiger partial charge in [-0.3, -0.25) is 9.69 Å². The van der Waals surface area contributed by atoms with E-state index in [-0.39, 0.29) is 11.7 Å². The van der Waals surface area contributed by atoms with E-state index < -0.39 is 0 Å². The van der Waals surface area contributed by atoms with E-state index in [0.717, 1.165) is 26.2 Å². The normalized spacial score (nSPS) is 15.8. The van der Waals surface area contributed by atoms with Crippen LogP contribution in [0, 0.1) is 5.82 Å². The Morgan fingerprint density at radius 2 is 1.88 bits per heavy atom. The second kappa shape index (κ2) is 7.74. The summed E-state index contributed by atoms with van der Waals surface area (Å²) < 4.78 is 18.2. The maximum Gasteiger partial charge on any atom is 0.227 e. The average Bonchev–Trinajstić information content (AvgIpc) is 3.09. The SMILES string of the molecule is CC(C)N1CCN(C(=O)CCc2nc(-c3ccc(F)cc3)no2)CC1. The maximum absolute atomic E-state index is 13.0. The number of halogens is 1. The predicted octanol–water partition coefficient (Wildman–Crippen LogP) is 2.36. The van der Waals surface area contributed by atoms with Crippen molar-refractivity contribution in [2.75, 3.05) is 26.2 Å². The predicted molar refractivity (Wildman–Crippen MR) is 91.3 cm³/mol. The highest BCUT2D eigenvalue weighted by Crippen LogP contribution is 2.17. The molecule has 1 aliphatic heterocycles. The Balaban J connectivity index is 1.51. The smallest absolute Gasteiger partial charge is 0.227 e. The van der Waals surface area contributed by atoms with Crippen LogP contribution in [0.4, 0.5) is 4.39 Å². The van der Waals surface area contributed by atoms with Gasteiger partial charge < -0.3 is 9.42 Å². The number of aryl methyl sites for hydroxylation is 1. The molecule has 1 fully saturated rings. The van der Waals surface area contributed by atoms with Gasteiger partial charge >= 0.3 is 0 Å². The second-order valence-electron chi connectivity index (χ2n) is 6.53. The van der Waals surface area contributed by atoms with Gasteiger partial charge in [0.05, 0.1) is 0 Å². The quantitative estimate of drug-likeness (QED) is 0.832. The summed E-state index contributed by atoms with van der Waals surface area (Å²) in [6.45, 7) is 7.71. The van der Waals surface area contributed by atoms with E-state index in [1.807, 2.05) is 4.90 Å². The number of benzene rings is 1. The minimum atomic E-state index is -0.310. The molecule has 1 aliphatic rings. The third-order valence-electron chi connectivity index (χ3n) is 4.52. The van der Waals surface area contributed by atoms with Gasteiger partial charge in [0.2, 0.25) is 17.6 Å². The van der Waals surface area contributed by atoms with Crippen LogP contribution in [-0.4, -0.2) is 58.1 Å². The number of amides is 1. The molecule has 0 unspecified atom stereocenters. The zero-order valence-electron chi connectivity index (χ0n) is 14.6. The van der Waals surface area contributed by atoms with Crippen LogP contribution in [0.3, 0.4) is 0 Å². The molecule has 1 aromatic heterocycles. The Bertz CT molecular complexity index is 706. The van der Waals surface area contributed by atoms with Crippen molar-refractivity contribution in [1.29, 1.82) is 0 Å². The van der Waals surface area contributed by atoms with Crippen molar-refractivity contribution >= 4 is 5.91 Å². The van der Waals surface area contributed by atoms with Crippen LogP contribution >= 0.6 is 0 Å². The first-order chi connectivity index (χ1) is 12.0. The van der Waals surface area contributed by atoms with E-state index in [0.29, 0.717) is 36.2 Å². The molecule has 0 radical (unpaired) electrons. The number of piperazine rings is 1. The molecule has 0 saturated carbocycles. The summed E-state index contributed by atoms with van der Waals surface area (Å²) in [5.41, 5.74) is 0.688. The Morgan fingerprint density at radius 1 is 1.20 bits per heavy atom. The molecule has 6 nitrogen and oxygen atoms in total. The number of rotatable bonds is 5. The van der Waals surface area contributed by atoms with Crippen LogP contribution < -0.4 is 0 Å². The first kappa shape index (κ1) is 17.5. The molecule has 1 amide bonds. The molecule has 0 bridgehead atoms. The van der Waals surface area contributed by atoms with Crippen LogP contribution in [0.15, 0.2) is 28.8 Å². The van der Waals surface area contributed by atoms with E-state index in [1.165, 1.54) is 12.1 Å². The van der Waals surface area contributed by atoms with Gasteiger partial charge in [-0.25, -0.2) is 4.39 Å². The summed E-state index contributed by atoms with van der Waals surface area (Å²) >= 11 is 0. The Labute approximate surface area is 146 Å². The maximum atomic E-state index is 13.0. The van der Waals surface area contributed by atoms with Gasteiger partial charge in [0.1, 0.15) is 5.82 Å². The van der Waals surface area contributed by atoms with Crippen molar-refractivity contribution in [1.82, 2.24) is 19.9 Å². The van der Waals surface area contributed by atoms with Crippen molar-refractivity contribution in [2.45, 2.75) is 32.7 Å². The third-order valence-corrected chi connectivity index (χ3v) is 4.52. The number of aromatic nitrogens is 2. The summed E-state index contributed by atoms with van der Waals surface area (Å²) in [5.74, 6) is 0.641. The van der Waals surface area contributed by atoms with Gasteiger partial charge in [0.15, 0.2) is 0 Å². The zero-order chi connectivity index (χ0) is 17.8. The number of hydrogen-bond donors (Lipinski definition) is 0. The van der Waals surface area contributed by atoms with Gasteiger partial charge in [0, 0.05) is 50.6 Å². The van der Waals surface area contributed by atoms with E-state index in [1.54, 1.807) is 12.1 Å². The fraction of sp³-hybridized carbons (Fsp3) is 0.500. The van der Waals surface area contributed by atoms with Crippen LogP contribution in [0.1, 0.15) is 26.2 Å². The number of carbonyl (C=O) groups is 1. The number of nitrogens with zero attached hydrogens (tertiary/aromatic N) is 4. The Hall–Kier alpha value is -2.28. The van der Waals surface area contributed by atoms with Crippen LogP contribution in [0.25, 0.3) is 11.4 Å². The van der Waals surface area contributed by atoms with E-state index in [4.69, 9.17) is 4.52 Å². The molecule has 2 heterocycles. The lowest BCUT2D eigenvalue weighted by atomic mass is 10.2. The lowest BCUT2D eigenvalue weighted by Crippen LogP contribution is -2.50. The summed E-state index contributed by atoms with van der Waals surface area (Å²) in [7, 11) is 0. The van der Waals surface area contributed by atoms with Crippen molar-refractivity contribution in [2.24, 2.45) is 0 Å². The summed E-state index contributed by atoms with van der Waals surface area (Å²) in [6, 6.07) is 6.42. The first-order valence-corrected chi connectivity index (χ1v) is 8.63. The number of hydrogen-bond acceptors (Lipinski definition) is 5. The van der Waals surface area contributed by atoms with E-state index >= 15 is 0 Å². The van der Waals surface area contributed by atoms with Crippen molar-refractivity contribution < 1.29 is 13.7 Å². The molecule has 1 saturated heterocycles. The van der Waals surface area contributed by atoms with E-state index in [2.05, 4.69) is 28.9 Å². The Morgan fingerprint density at radius 3 is 2.52 bits per heavy atom. The minimum absolute atomic E-state index is 0.116. The Kier molecular flexibility index (Phi) is 5.43. The summed E-state index contributed by atoms with van der Waals surface area (Å²) in [4.78, 5) is 20.9. The molecule has 7 heteroatoms. The first-order valence-electron chi connectivity index (χ1n) is 8.63. The lowest BCUT2D eigenvalue weighted by Gasteiger charge is -2.36. The van der Waals surface area contributed by atoms with Gasteiger partial charge in [-0.15, -0.1) is 0 Å². The summed E-state index contributed by atoms with van der Waals surface area (Å²) in [6.07, 6.45) is 0.768. The molecule has 0 N–H and O–H groups in total. The van der Waals surface area contributed by atoms with Crippen LogP contribution in [0.2, 0.25) is 0 Å². The third kappa shape index (κ3) is 4.42. The number of carbonyl (C=O) groups excluding carboxylic acids is 1. The fourth-order valence-corrected chi connectivity index (χ4v) is 2.93. The molecular formula is C18H23FN4O2. The van der Waals surface area contributed by atoms with Crippen LogP contribution in [0.5, 0.6) is 0 Å². The van der Waals surface area contributed by atoms with Crippen LogP contribution in [-0.2, 0) is 11.2 Å². The lowest BCUT2D eigenvalue weighted by molar-refractivity contribution is -0.133. The molecule has 134 valence electrons. The molecule has 3 rings (SSSR count). The minimum Gasteiger partial charge on any atom is -0.340 e. The molecule has 0 spiro atoms. The standard InChI is InChI=1S/C18H23FN4O2/c1-13(2)22-9-11-23(12-10-22)17(24)8-7-16-20-18(21-25-16)14-3-5-15(19)6-4-14/h3-6,13H,7-12H2,1-2H3. The topological polar surface area (TPSA) is 62.5 Å². The highest BCUT2D eigenvalue weighted by molar-refractivity contribution is 5.76. The van der Waals surface area contributed by atoms with Gasteiger partial charge in [0.25, 0.3) is 0 Å². The molecule has 25 heavy (non-hydrogen) atoms. The average molecular weight is 346 g/mol. The van der Waals surface area contributed by atoms with Gasteiger partial charge in [-0.2, -0.15) is 4.98 Å². The van der Waals surface area contributed by atoms with Crippen molar-refractivity contribution in [3.63, 3.8) is 0 Å². The molecular weight excluding hydrogens is 323 g/mol. The molecule has 2 aromatic rings. The van der Waals surface area contributed by atoms with Gasteiger partial charge in [-0.05, 0) is 38.1 Å². The molecule has 0 aliphatic carbocycles. The monoisotopic (exact) mass is 346 g/mol. The van der Waals surface area contributed by atoms with Crippen molar-refractivity contribution in [3.8, 4) is 11.4 Å². The van der Waals surface area contributed by atoms with E-state index in [9.17, 15) is 9.18 Å². The fourth-order valence-electron chi connectivity index (χ4n) is 2.93. The highest BCUT2D eigenvalue weighted by atomic mass is 19.1. The second-order valence-corrected chi connectivity index (χ2v) is 6.53.